The van der Waals surface area contributed by atoms with Crippen molar-refractivity contribution in [3.8, 4) is 0 Å². The van der Waals surface area contributed by atoms with Crippen LogP contribution in [-0.4, -0.2) is 24.5 Å². The Labute approximate surface area is 69.8 Å². The number of piperidine rings is 1. The van der Waals surface area contributed by atoms with Gasteiger partial charge in [0.05, 0.1) is 0 Å². The molecule has 0 aromatic rings. The molecule has 0 bridgehead atoms. The molecule has 1 heterocycles. The van der Waals surface area contributed by atoms with Crippen molar-refractivity contribution in [1.29, 1.82) is 0 Å². The van der Waals surface area contributed by atoms with E-state index in [-0.39, 0.29) is 0 Å². The lowest BCUT2D eigenvalue weighted by molar-refractivity contribution is 0.259. The SMILES string of the molecule is CCCN1CC2C(C1)C2(C)C. The molecule has 0 radical (unpaired) electrons. The predicted octanol–water partition coefficient (Wildman–Crippen LogP) is 1.98. The maximum Gasteiger partial charge on any atom is 0.00183 e. The van der Waals surface area contributed by atoms with Gasteiger partial charge in [-0.05, 0) is 30.2 Å². The zero-order valence-corrected chi connectivity index (χ0v) is 7.93. The lowest BCUT2D eigenvalue weighted by Gasteiger charge is -2.20. The quantitative estimate of drug-likeness (QED) is 0.586. The van der Waals surface area contributed by atoms with Gasteiger partial charge in [-0.25, -0.2) is 0 Å². The highest BCUT2D eigenvalue weighted by atomic mass is 15.2. The molecule has 0 aromatic heterocycles. The molecule has 2 fully saturated rings. The number of fused-ring (bicyclic) bond motifs is 1. The van der Waals surface area contributed by atoms with Gasteiger partial charge < -0.3 is 4.90 Å². The topological polar surface area (TPSA) is 3.24 Å². The van der Waals surface area contributed by atoms with Crippen LogP contribution in [0.25, 0.3) is 0 Å². The monoisotopic (exact) mass is 153 g/mol. The van der Waals surface area contributed by atoms with E-state index in [1.54, 1.807) is 0 Å². The summed E-state index contributed by atoms with van der Waals surface area (Å²) in [4.78, 5) is 2.63. The van der Waals surface area contributed by atoms with Crippen LogP contribution in [0.4, 0.5) is 0 Å². The Balaban J connectivity index is 1.85. The predicted molar refractivity (Wildman–Crippen MR) is 47.5 cm³/mol. The summed E-state index contributed by atoms with van der Waals surface area (Å²) in [6.45, 7) is 11.2. The summed E-state index contributed by atoms with van der Waals surface area (Å²) in [6, 6.07) is 0. The van der Waals surface area contributed by atoms with Crippen molar-refractivity contribution in [3.63, 3.8) is 0 Å². The number of likely N-dealkylation sites (tertiary alicyclic amines) is 1. The number of hydrogen-bond acceptors (Lipinski definition) is 1. The van der Waals surface area contributed by atoms with E-state index in [0.717, 1.165) is 11.8 Å². The Bertz CT molecular complexity index is 148. The molecule has 0 aromatic carbocycles. The van der Waals surface area contributed by atoms with Crippen molar-refractivity contribution in [3.05, 3.63) is 0 Å². The second-order valence-corrected chi connectivity index (χ2v) is 4.79. The van der Waals surface area contributed by atoms with E-state index in [9.17, 15) is 0 Å². The number of hydrogen-bond donors (Lipinski definition) is 0. The molecule has 1 heteroatoms. The highest BCUT2D eigenvalue weighted by molar-refractivity contribution is 5.11. The zero-order chi connectivity index (χ0) is 8.06. The summed E-state index contributed by atoms with van der Waals surface area (Å²) in [7, 11) is 0. The first kappa shape index (κ1) is 7.60. The number of rotatable bonds is 2. The van der Waals surface area contributed by atoms with Crippen molar-refractivity contribution in [2.75, 3.05) is 19.6 Å². The molecular formula is C10H19N. The standard InChI is InChI=1S/C10H19N/c1-4-5-11-6-8-9(7-11)10(8,2)3/h8-9H,4-7H2,1-3H3. The van der Waals surface area contributed by atoms with Crippen LogP contribution in [-0.2, 0) is 0 Å². The molecule has 2 atom stereocenters. The Morgan fingerprint density at radius 2 is 1.82 bits per heavy atom. The second-order valence-electron chi connectivity index (χ2n) is 4.79. The Morgan fingerprint density at radius 1 is 1.27 bits per heavy atom. The maximum absolute atomic E-state index is 2.63. The summed E-state index contributed by atoms with van der Waals surface area (Å²) in [5.41, 5.74) is 0.699. The minimum absolute atomic E-state index is 0.699. The van der Waals surface area contributed by atoms with Gasteiger partial charge in [0.15, 0.2) is 0 Å². The molecule has 1 aliphatic carbocycles. The zero-order valence-electron chi connectivity index (χ0n) is 7.93. The molecular weight excluding hydrogens is 134 g/mol. The third kappa shape index (κ3) is 1.01. The summed E-state index contributed by atoms with van der Waals surface area (Å²) >= 11 is 0. The first-order chi connectivity index (χ1) is 5.16. The van der Waals surface area contributed by atoms with Crippen molar-refractivity contribution in [2.45, 2.75) is 27.2 Å². The largest absolute Gasteiger partial charge is 0.303 e. The van der Waals surface area contributed by atoms with Gasteiger partial charge in [0.1, 0.15) is 0 Å². The van der Waals surface area contributed by atoms with Gasteiger partial charge in [0.2, 0.25) is 0 Å². The molecule has 2 aliphatic rings. The third-order valence-corrected chi connectivity index (χ3v) is 3.74. The minimum atomic E-state index is 0.699. The van der Waals surface area contributed by atoms with Crippen molar-refractivity contribution < 1.29 is 0 Å². The molecule has 1 aliphatic heterocycles. The molecule has 1 nitrogen and oxygen atoms in total. The highest BCUT2D eigenvalue weighted by Crippen LogP contribution is 2.61. The molecule has 11 heavy (non-hydrogen) atoms. The lowest BCUT2D eigenvalue weighted by atomic mass is 10.1. The van der Waals surface area contributed by atoms with Crippen LogP contribution in [0, 0.1) is 17.3 Å². The van der Waals surface area contributed by atoms with Crippen LogP contribution in [0.2, 0.25) is 0 Å². The van der Waals surface area contributed by atoms with Gasteiger partial charge in [-0.3, -0.25) is 0 Å². The van der Waals surface area contributed by atoms with Gasteiger partial charge >= 0.3 is 0 Å². The van der Waals surface area contributed by atoms with Gasteiger partial charge in [-0.2, -0.15) is 0 Å². The van der Waals surface area contributed by atoms with E-state index in [0.29, 0.717) is 5.41 Å². The Hall–Kier alpha value is -0.0400. The van der Waals surface area contributed by atoms with Gasteiger partial charge in [-0.15, -0.1) is 0 Å². The van der Waals surface area contributed by atoms with E-state index >= 15 is 0 Å². The molecule has 2 unspecified atom stereocenters. The van der Waals surface area contributed by atoms with E-state index in [1.165, 1.54) is 26.1 Å². The van der Waals surface area contributed by atoms with E-state index in [1.807, 2.05) is 0 Å². The van der Waals surface area contributed by atoms with Crippen molar-refractivity contribution in [1.82, 2.24) is 4.90 Å². The van der Waals surface area contributed by atoms with Crippen LogP contribution in [0.5, 0.6) is 0 Å². The normalized spacial score (nSPS) is 40.6. The van der Waals surface area contributed by atoms with Crippen LogP contribution < -0.4 is 0 Å². The van der Waals surface area contributed by atoms with Crippen LogP contribution in [0.15, 0.2) is 0 Å². The van der Waals surface area contributed by atoms with Gasteiger partial charge in [0.25, 0.3) is 0 Å². The average Bonchev–Trinajstić information content (AvgIpc) is 2.37. The molecule has 64 valence electrons. The third-order valence-electron chi connectivity index (χ3n) is 3.74. The first-order valence-corrected chi connectivity index (χ1v) is 4.88. The molecule has 1 saturated heterocycles. The van der Waals surface area contributed by atoms with E-state index < -0.39 is 0 Å². The fraction of sp³-hybridized carbons (Fsp3) is 1.00. The Kier molecular flexibility index (Phi) is 1.54. The van der Waals surface area contributed by atoms with Gasteiger partial charge in [-0.1, -0.05) is 20.8 Å². The fourth-order valence-corrected chi connectivity index (χ4v) is 2.71. The maximum atomic E-state index is 2.63. The van der Waals surface area contributed by atoms with Crippen molar-refractivity contribution >= 4 is 0 Å². The van der Waals surface area contributed by atoms with Crippen LogP contribution in [0.1, 0.15) is 27.2 Å². The summed E-state index contributed by atoms with van der Waals surface area (Å²) in [6.07, 6.45) is 1.32. The Morgan fingerprint density at radius 3 is 2.27 bits per heavy atom. The first-order valence-electron chi connectivity index (χ1n) is 4.88. The molecule has 0 spiro atoms. The molecule has 0 amide bonds. The van der Waals surface area contributed by atoms with Crippen molar-refractivity contribution in [2.24, 2.45) is 17.3 Å². The summed E-state index contributed by atoms with van der Waals surface area (Å²) in [5.74, 6) is 2.07. The lowest BCUT2D eigenvalue weighted by Crippen LogP contribution is -2.27. The van der Waals surface area contributed by atoms with Gasteiger partial charge in [0, 0.05) is 13.1 Å². The molecule has 0 N–H and O–H groups in total. The van der Waals surface area contributed by atoms with E-state index in [2.05, 4.69) is 25.7 Å². The average molecular weight is 153 g/mol. The van der Waals surface area contributed by atoms with Crippen LogP contribution in [0.3, 0.4) is 0 Å². The van der Waals surface area contributed by atoms with E-state index in [4.69, 9.17) is 0 Å². The smallest absolute Gasteiger partial charge is 0.00183 e. The van der Waals surface area contributed by atoms with Crippen LogP contribution >= 0.6 is 0 Å². The summed E-state index contributed by atoms with van der Waals surface area (Å²) in [5, 5.41) is 0. The molecule has 2 rings (SSSR count). The molecule has 1 saturated carbocycles. The minimum Gasteiger partial charge on any atom is -0.303 e. The fourth-order valence-electron chi connectivity index (χ4n) is 2.71. The number of nitrogens with zero attached hydrogens (tertiary/aromatic N) is 1. The second kappa shape index (κ2) is 2.22. The summed E-state index contributed by atoms with van der Waals surface area (Å²) < 4.78 is 0. The highest BCUT2D eigenvalue weighted by Gasteiger charge is 2.61.